The normalized spacial score (nSPS) is 12.9. The highest BCUT2D eigenvalue weighted by Gasteiger charge is 2.32. The quantitative estimate of drug-likeness (QED) is 0.815. The topological polar surface area (TPSA) is 66.9 Å². The highest BCUT2D eigenvalue weighted by atomic mass is 19.1. The van der Waals surface area contributed by atoms with Crippen molar-refractivity contribution in [1.29, 1.82) is 5.26 Å². The molecule has 0 aliphatic heterocycles. The Morgan fingerprint density at radius 2 is 2.12 bits per heavy atom. The molecule has 1 aromatic carbocycles. The van der Waals surface area contributed by atoms with E-state index in [9.17, 15) is 9.18 Å². The van der Waals surface area contributed by atoms with Crippen LogP contribution in [0, 0.1) is 22.6 Å². The number of nitriles is 1. The van der Waals surface area contributed by atoms with Gasteiger partial charge in [0.15, 0.2) is 5.78 Å². The van der Waals surface area contributed by atoms with Crippen LogP contribution in [0.3, 0.4) is 0 Å². The molecule has 0 aromatic heterocycles. The van der Waals surface area contributed by atoms with Crippen LogP contribution in [0.15, 0.2) is 18.2 Å². The van der Waals surface area contributed by atoms with E-state index in [4.69, 9.17) is 11.0 Å². The number of halogens is 1. The molecule has 0 saturated heterocycles. The number of hydrogen-bond acceptors (Lipinski definition) is 3. The Hall–Kier alpha value is -1.73. The van der Waals surface area contributed by atoms with Crippen molar-refractivity contribution in [2.45, 2.75) is 26.8 Å². The molecule has 2 N–H and O–H groups in total. The van der Waals surface area contributed by atoms with Crippen LogP contribution in [0.4, 0.5) is 4.39 Å². The maximum absolute atomic E-state index is 13.4. The van der Waals surface area contributed by atoms with E-state index in [1.165, 1.54) is 12.1 Å². The summed E-state index contributed by atoms with van der Waals surface area (Å²) in [7, 11) is 0. The molecule has 0 heterocycles. The first-order valence-corrected chi connectivity index (χ1v) is 5.30. The molecule has 0 aliphatic carbocycles. The van der Waals surface area contributed by atoms with E-state index in [0.717, 1.165) is 6.07 Å². The van der Waals surface area contributed by atoms with Gasteiger partial charge in [0.25, 0.3) is 0 Å². The van der Waals surface area contributed by atoms with Gasteiger partial charge < -0.3 is 5.73 Å². The zero-order valence-electron chi connectivity index (χ0n) is 10.1. The first-order chi connectivity index (χ1) is 7.80. The van der Waals surface area contributed by atoms with Crippen molar-refractivity contribution in [2.75, 3.05) is 0 Å². The molecule has 0 fully saturated rings. The molecule has 1 aromatic rings. The number of benzene rings is 1. The summed E-state index contributed by atoms with van der Waals surface area (Å²) in [5.41, 5.74) is 5.14. The molecule has 0 bridgehead atoms. The highest BCUT2D eigenvalue weighted by molar-refractivity contribution is 6.00. The van der Waals surface area contributed by atoms with Gasteiger partial charge in [0.1, 0.15) is 11.9 Å². The van der Waals surface area contributed by atoms with Crippen LogP contribution in [0.2, 0.25) is 0 Å². The molecular formula is C13H15FN2O. The lowest BCUT2D eigenvalue weighted by molar-refractivity contribution is 0.0810. The summed E-state index contributed by atoms with van der Waals surface area (Å²) in [6.07, 6.45) is 0. The van der Waals surface area contributed by atoms with E-state index in [1.54, 1.807) is 26.8 Å². The summed E-state index contributed by atoms with van der Waals surface area (Å²) in [5, 5.41) is 8.60. The molecule has 0 amide bonds. The minimum Gasteiger partial charge on any atom is -0.327 e. The lowest BCUT2D eigenvalue weighted by Gasteiger charge is -2.27. The molecule has 0 aliphatic rings. The van der Waals surface area contributed by atoms with Crippen molar-refractivity contribution in [3.63, 3.8) is 0 Å². The second-order valence-corrected chi connectivity index (χ2v) is 4.65. The Balaban J connectivity index is 3.15. The smallest absolute Gasteiger partial charge is 0.170 e. The van der Waals surface area contributed by atoms with Gasteiger partial charge in [-0.05, 0) is 25.1 Å². The van der Waals surface area contributed by atoms with Crippen LogP contribution in [-0.4, -0.2) is 11.8 Å². The summed E-state index contributed by atoms with van der Waals surface area (Å²) >= 11 is 0. The van der Waals surface area contributed by atoms with E-state index in [2.05, 4.69) is 0 Å². The van der Waals surface area contributed by atoms with E-state index in [0.29, 0.717) is 0 Å². The first kappa shape index (κ1) is 13.3. The second kappa shape index (κ2) is 4.64. The molecule has 1 rings (SSSR count). The van der Waals surface area contributed by atoms with Gasteiger partial charge in [-0.25, -0.2) is 4.39 Å². The van der Waals surface area contributed by atoms with E-state index in [1.807, 2.05) is 0 Å². The minimum absolute atomic E-state index is 0.0693. The summed E-state index contributed by atoms with van der Waals surface area (Å²) in [6.45, 7) is 5.17. The van der Waals surface area contributed by atoms with Gasteiger partial charge in [0, 0.05) is 17.0 Å². The van der Waals surface area contributed by atoms with Crippen molar-refractivity contribution in [3.8, 4) is 6.07 Å². The Bertz CT molecular complexity index is 487. The number of ketones is 1. The molecule has 17 heavy (non-hydrogen) atoms. The van der Waals surface area contributed by atoms with Crippen molar-refractivity contribution in [1.82, 2.24) is 0 Å². The largest absolute Gasteiger partial charge is 0.327 e. The van der Waals surface area contributed by atoms with Gasteiger partial charge in [-0.3, -0.25) is 4.79 Å². The number of carbonyl (C=O) groups is 1. The zero-order chi connectivity index (χ0) is 13.2. The third-order valence-electron chi connectivity index (χ3n) is 3.08. The van der Waals surface area contributed by atoms with Gasteiger partial charge >= 0.3 is 0 Å². The molecule has 0 spiro atoms. The lowest BCUT2D eigenvalue weighted by atomic mass is 9.78. The molecule has 3 nitrogen and oxygen atoms in total. The minimum atomic E-state index is -0.763. The Morgan fingerprint density at radius 1 is 1.53 bits per heavy atom. The molecule has 90 valence electrons. The first-order valence-electron chi connectivity index (χ1n) is 5.30. The van der Waals surface area contributed by atoms with Crippen LogP contribution in [0.25, 0.3) is 0 Å². The SMILES string of the molecule is CC(N)C(C)(C)C(=O)c1ccc(C#N)c(F)c1. The van der Waals surface area contributed by atoms with Crippen LogP contribution >= 0.6 is 0 Å². The molecule has 1 atom stereocenters. The van der Waals surface area contributed by atoms with E-state index < -0.39 is 11.2 Å². The number of nitrogens with two attached hydrogens (primary N) is 1. The number of hydrogen-bond donors (Lipinski definition) is 1. The number of nitrogens with zero attached hydrogens (tertiary/aromatic N) is 1. The fourth-order valence-electron chi connectivity index (χ4n) is 1.33. The van der Waals surface area contributed by atoms with Gasteiger partial charge in [0.05, 0.1) is 5.56 Å². The standard InChI is InChI=1S/C13H15FN2O/c1-8(16)13(2,3)12(17)9-4-5-10(7-15)11(14)6-9/h4-6,8H,16H2,1-3H3. The Morgan fingerprint density at radius 3 is 2.53 bits per heavy atom. The average molecular weight is 234 g/mol. The maximum atomic E-state index is 13.4. The van der Waals surface area contributed by atoms with Crippen molar-refractivity contribution in [2.24, 2.45) is 11.1 Å². The molecular weight excluding hydrogens is 219 g/mol. The predicted molar refractivity (Wildman–Crippen MR) is 62.9 cm³/mol. The van der Waals surface area contributed by atoms with Gasteiger partial charge in [-0.1, -0.05) is 13.8 Å². The van der Waals surface area contributed by atoms with Gasteiger partial charge in [-0.15, -0.1) is 0 Å². The van der Waals surface area contributed by atoms with Crippen LogP contribution in [-0.2, 0) is 0 Å². The molecule has 1 unspecified atom stereocenters. The monoisotopic (exact) mass is 234 g/mol. The molecule has 4 heteroatoms. The third kappa shape index (κ3) is 2.51. The van der Waals surface area contributed by atoms with Crippen LogP contribution < -0.4 is 5.73 Å². The molecule has 0 radical (unpaired) electrons. The highest BCUT2D eigenvalue weighted by Crippen LogP contribution is 2.25. The third-order valence-corrected chi connectivity index (χ3v) is 3.08. The molecule has 0 saturated carbocycles. The van der Waals surface area contributed by atoms with Gasteiger partial charge in [0.2, 0.25) is 0 Å². The summed E-state index contributed by atoms with van der Waals surface area (Å²) in [5.74, 6) is -0.908. The lowest BCUT2D eigenvalue weighted by Crippen LogP contribution is -2.41. The second-order valence-electron chi connectivity index (χ2n) is 4.65. The van der Waals surface area contributed by atoms with Crippen LogP contribution in [0.1, 0.15) is 36.7 Å². The summed E-state index contributed by atoms with van der Waals surface area (Å²) in [4.78, 5) is 12.1. The van der Waals surface area contributed by atoms with E-state index in [-0.39, 0.29) is 23.0 Å². The summed E-state index contributed by atoms with van der Waals surface area (Å²) < 4.78 is 13.4. The average Bonchev–Trinajstić information content (AvgIpc) is 2.27. The van der Waals surface area contributed by atoms with Crippen LogP contribution in [0.5, 0.6) is 0 Å². The number of Topliss-reactive ketones (excluding diaryl/α,β-unsaturated/α-hetero) is 1. The Kier molecular flexibility index (Phi) is 3.64. The maximum Gasteiger partial charge on any atom is 0.170 e. The fraction of sp³-hybridized carbons (Fsp3) is 0.385. The Labute approximate surface area is 100 Å². The van der Waals surface area contributed by atoms with Gasteiger partial charge in [-0.2, -0.15) is 5.26 Å². The summed E-state index contributed by atoms with van der Waals surface area (Å²) in [6, 6.07) is 5.22. The zero-order valence-corrected chi connectivity index (χ0v) is 10.1. The van der Waals surface area contributed by atoms with Crippen molar-refractivity contribution < 1.29 is 9.18 Å². The van der Waals surface area contributed by atoms with E-state index >= 15 is 0 Å². The fourth-order valence-corrected chi connectivity index (χ4v) is 1.33. The number of carbonyl (C=O) groups excluding carboxylic acids is 1. The van der Waals surface area contributed by atoms with Crippen molar-refractivity contribution in [3.05, 3.63) is 35.1 Å². The number of rotatable bonds is 3. The van der Waals surface area contributed by atoms with Crippen molar-refractivity contribution >= 4 is 5.78 Å². The predicted octanol–water partition coefficient (Wildman–Crippen LogP) is 2.25.